The van der Waals surface area contributed by atoms with Crippen molar-refractivity contribution in [1.29, 1.82) is 0 Å². The third-order valence-electron chi connectivity index (χ3n) is 3.38. The van der Waals surface area contributed by atoms with Crippen LogP contribution in [0.25, 0.3) is 0 Å². The Morgan fingerprint density at radius 1 is 1.19 bits per heavy atom. The number of rotatable bonds is 6. The minimum absolute atomic E-state index is 0.0547. The minimum atomic E-state index is -0.183. The van der Waals surface area contributed by atoms with Crippen molar-refractivity contribution >= 4 is 15.9 Å². The lowest BCUT2D eigenvalue weighted by molar-refractivity contribution is 0.414. The van der Waals surface area contributed by atoms with Gasteiger partial charge in [0.05, 0.1) is 7.11 Å². The summed E-state index contributed by atoms with van der Waals surface area (Å²) >= 11 is 3.41. The first-order chi connectivity index (χ1) is 10.1. The molecule has 0 saturated carbocycles. The molecule has 0 aliphatic heterocycles. The Morgan fingerprint density at radius 3 is 2.52 bits per heavy atom. The predicted molar refractivity (Wildman–Crippen MR) is 87.2 cm³/mol. The van der Waals surface area contributed by atoms with Gasteiger partial charge in [-0.1, -0.05) is 35.0 Å². The number of methoxy groups -OCH3 is 1. The van der Waals surface area contributed by atoms with Gasteiger partial charge in [-0.2, -0.15) is 0 Å². The molecule has 0 spiro atoms. The van der Waals surface area contributed by atoms with Crippen molar-refractivity contribution in [2.24, 2.45) is 0 Å². The number of nitrogens with one attached hydrogen (secondary N) is 1. The Hall–Kier alpha value is -1.39. The van der Waals surface area contributed by atoms with Gasteiger partial charge in [0, 0.05) is 16.1 Å². The standard InChI is InChI=1S/C17H19BrFNO/c1-3-20-17(15-11-13(18)6-9-16(15)19)10-12-4-7-14(21-2)8-5-12/h4-9,11,17,20H,3,10H2,1-2H3. The molecule has 1 N–H and O–H groups in total. The van der Waals surface area contributed by atoms with E-state index in [2.05, 4.69) is 21.2 Å². The fraction of sp³-hybridized carbons (Fsp3) is 0.294. The minimum Gasteiger partial charge on any atom is -0.497 e. The van der Waals surface area contributed by atoms with Crippen LogP contribution in [0.5, 0.6) is 5.75 Å². The summed E-state index contributed by atoms with van der Waals surface area (Å²) in [5, 5.41) is 3.35. The van der Waals surface area contributed by atoms with E-state index in [0.29, 0.717) is 5.56 Å². The molecule has 0 heterocycles. The van der Waals surface area contributed by atoms with Crippen molar-refractivity contribution in [1.82, 2.24) is 5.32 Å². The van der Waals surface area contributed by atoms with Crippen LogP contribution in [-0.4, -0.2) is 13.7 Å². The van der Waals surface area contributed by atoms with Crippen LogP contribution in [0.3, 0.4) is 0 Å². The summed E-state index contributed by atoms with van der Waals surface area (Å²) in [5.41, 5.74) is 1.82. The Bertz CT molecular complexity index is 586. The normalized spacial score (nSPS) is 12.2. The molecule has 2 aromatic carbocycles. The number of likely N-dealkylation sites (N-methyl/N-ethyl adjacent to an activating group) is 1. The molecule has 0 amide bonds. The lowest BCUT2D eigenvalue weighted by Gasteiger charge is -2.19. The van der Waals surface area contributed by atoms with E-state index in [1.807, 2.05) is 37.3 Å². The van der Waals surface area contributed by atoms with E-state index < -0.39 is 0 Å². The Kier molecular flexibility index (Phi) is 5.76. The molecular weight excluding hydrogens is 333 g/mol. The molecule has 0 radical (unpaired) electrons. The van der Waals surface area contributed by atoms with Gasteiger partial charge < -0.3 is 10.1 Å². The molecule has 0 fully saturated rings. The molecule has 112 valence electrons. The predicted octanol–water partition coefficient (Wildman–Crippen LogP) is 4.49. The average Bonchev–Trinajstić information content (AvgIpc) is 2.50. The first kappa shape index (κ1) is 16.0. The molecule has 0 aromatic heterocycles. The van der Waals surface area contributed by atoms with Crippen LogP contribution in [0.2, 0.25) is 0 Å². The molecule has 0 bridgehead atoms. The van der Waals surface area contributed by atoms with Gasteiger partial charge in [0.2, 0.25) is 0 Å². The molecule has 2 rings (SSSR count). The van der Waals surface area contributed by atoms with E-state index in [4.69, 9.17) is 4.74 Å². The number of hydrogen-bond donors (Lipinski definition) is 1. The van der Waals surface area contributed by atoms with Crippen molar-refractivity contribution in [3.05, 3.63) is 63.9 Å². The van der Waals surface area contributed by atoms with Crippen molar-refractivity contribution in [3.8, 4) is 5.75 Å². The van der Waals surface area contributed by atoms with Gasteiger partial charge in [-0.3, -0.25) is 0 Å². The summed E-state index contributed by atoms with van der Waals surface area (Å²) in [6.45, 7) is 2.81. The molecule has 2 aromatic rings. The quantitative estimate of drug-likeness (QED) is 0.827. The first-order valence-electron chi connectivity index (χ1n) is 6.95. The Morgan fingerprint density at radius 2 is 1.90 bits per heavy atom. The fourth-order valence-corrected chi connectivity index (χ4v) is 2.70. The highest BCUT2D eigenvalue weighted by Crippen LogP contribution is 2.25. The van der Waals surface area contributed by atoms with Crippen LogP contribution < -0.4 is 10.1 Å². The van der Waals surface area contributed by atoms with Gasteiger partial charge in [0.1, 0.15) is 11.6 Å². The van der Waals surface area contributed by atoms with E-state index in [0.717, 1.165) is 28.8 Å². The number of hydrogen-bond acceptors (Lipinski definition) is 2. The lowest BCUT2D eigenvalue weighted by Crippen LogP contribution is -2.24. The summed E-state index contributed by atoms with van der Waals surface area (Å²) in [7, 11) is 1.65. The molecule has 0 aliphatic carbocycles. The zero-order valence-electron chi connectivity index (χ0n) is 12.2. The van der Waals surface area contributed by atoms with E-state index in [9.17, 15) is 4.39 Å². The zero-order valence-corrected chi connectivity index (χ0v) is 13.8. The van der Waals surface area contributed by atoms with E-state index in [-0.39, 0.29) is 11.9 Å². The average molecular weight is 352 g/mol. The van der Waals surface area contributed by atoms with Gasteiger partial charge in [-0.05, 0) is 48.9 Å². The maximum absolute atomic E-state index is 14.1. The lowest BCUT2D eigenvalue weighted by atomic mass is 9.98. The number of halogens is 2. The Balaban J connectivity index is 2.23. The maximum atomic E-state index is 14.1. The van der Waals surface area contributed by atoms with E-state index in [1.165, 1.54) is 6.07 Å². The maximum Gasteiger partial charge on any atom is 0.128 e. The van der Waals surface area contributed by atoms with Crippen molar-refractivity contribution in [3.63, 3.8) is 0 Å². The summed E-state index contributed by atoms with van der Waals surface area (Å²) < 4.78 is 20.1. The highest BCUT2D eigenvalue weighted by Gasteiger charge is 2.16. The summed E-state index contributed by atoms with van der Waals surface area (Å²) in [6, 6.07) is 12.9. The van der Waals surface area contributed by atoms with E-state index in [1.54, 1.807) is 13.2 Å². The van der Waals surface area contributed by atoms with Gasteiger partial charge in [0.25, 0.3) is 0 Å². The summed E-state index contributed by atoms with van der Waals surface area (Å²) in [6.07, 6.45) is 0.727. The van der Waals surface area contributed by atoms with Crippen molar-refractivity contribution in [2.75, 3.05) is 13.7 Å². The smallest absolute Gasteiger partial charge is 0.128 e. The molecular formula is C17H19BrFNO. The topological polar surface area (TPSA) is 21.3 Å². The molecule has 1 unspecified atom stereocenters. The highest BCUT2D eigenvalue weighted by molar-refractivity contribution is 9.10. The third-order valence-corrected chi connectivity index (χ3v) is 3.88. The molecule has 2 nitrogen and oxygen atoms in total. The van der Waals surface area contributed by atoms with Gasteiger partial charge in [0.15, 0.2) is 0 Å². The highest BCUT2D eigenvalue weighted by atomic mass is 79.9. The fourth-order valence-electron chi connectivity index (χ4n) is 2.32. The number of benzene rings is 2. The van der Waals surface area contributed by atoms with Gasteiger partial charge in [-0.25, -0.2) is 4.39 Å². The van der Waals surface area contributed by atoms with Crippen LogP contribution >= 0.6 is 15.9 Å². The van der Waals surface area contributed by atoms with Crippen LogP contribution in [0.1, 0.15) is 24.1 Å². The monoisotopic (exact) mass is 351 g/mol. The van der Waals surface area contributed by atoms with Crippen molar-refractivity contribution in [2.45, 2.75) is 19.4 Å². The van der Waals surface area contributed by atoms with Crippen molar-refractivity contribution < 1.29 is 9.13 Å². The molecule has 1 atom stereocenters. The second-order valence-corrected chi connectivity index (χ2v) is 5.74. The molecule has 21 heavy (non-hydrogen) atoms. The summed E-state index contributed by atoms with van der Waals surface area (Å²) in [5.74, 6) is 0.644. The Labute approximate surface area is 133 Å². The molecule has 0 saturated heterocycles. The summed E-state index contributed by atoms with van der Waals surface area (Å²) in [4.78, 5) is 0. The third kappa shape index (κ3) is 4.29. The van der Waals surface area contributed by atoms with Gasteiger partial charge in [-0.15, -0.1) is 0 Å². The van der Waals surface area contributed by atoms with Crippen LogP contribution in [0, 0.1) is 5.82 Å². The second kappa shape index (κ2) is 7.57. The first-order valence-corrected chi connectivity index (χ1v) is 7.74. The van der Waals surface area contributed by atoms with Crippen LogP contribution in [0.4, 0.5) is 4.39 Å². The molecule has 4 heteroatoms. The SMILES string of the molecule is CCNC(Cc1ccc(OC)cc1)c1cc(Br)ccc1F. The van der Waals surface area contributed by atoms with Crippen LogP contribution in [-0.2, 0) is 6.42 Å². The molecule has 0 aliphatic rings. The number of ether oxygens (including phenoxy) is 1. The largest absolute Gasteiger partial charge is 0.497 e. The second-order valence-electron chi connectivity index (χ2n) is 4.83. The van der Waals surface area contributed by atoms with Crippen LogP contribution in [0.15, 0.2) is 46.9 Å². The van der Waals surface area contributed by atoms with Gasteiger partial charge >= 0.3 is 0 Å². The van der Waals surface area contributed by atoms with E-state index >= 15 is 0 Å². The zero-order chi connectivity index (χ0) is 15.2.